The Bertz CT molecular complexity index is 421. The third-order valence-electron chi connectivity index (χ3n) is 1.80. The van der Waals surface area contributed by atoms with E-state index in [-0.39, 0.29) is 7.43 Å². The molecule has 1 heterocycles. The number of hydrogen-bond donors (Lipinski definition) is 0. The second-order valence-electron chi connectivity index (χ2n) is 3.01. The van der Waals surface area contributed by atoms with Gasteiger partial charge in [0.2, 0.25) is 11.7 Å². The maximum Gasteiger partial charge on any atom is 0.223 e. The smallest absolute Gasteiger partial charge is 0.223 e. The number of nitrogens with zero attached hydrogens (tertiary/aromatic N) is 2. The first-order valence-electron chi connectivity index (χ1n) is 4.13. The lowest BCUT2D eigenvalue weighted by Crippen LogP contribution is -1.81. The maximum atomic E-state index is 4.90. The van der Waals surface area contributed by atoms with Gasteiger partial charge in [0, 0.05) is 12.5 Å². The zero-order valence-electron chi connectivity index (χ0n) is 7.61. The minimum Gasteiger partial charge on any atom is -0.339 e. The van der Waals surface area contributed by atoms with Gasteiger partial charge in [-0.3, -0.25) is 0 Å². The van der Waals surface area contributed by atoms with Crippen LogP contribution in [0.1, 0.15) is 18.9 Å². The normalized spacial score (nSPS) is 9.57. The first-order chi connectivity index (χ1) is 6.25. The van der Waals surface area contributed by atoms with Crippen molar-refractivity contribution in [2.45, 2.75) is 21.3 Å². The van der Waals surface area contributed by atoms with E-state index >= 15 is 0 Å². The number of benzene rings is 1. The molecule has 0 fully saturated rings. The Balaban J connectivity index is 0.000000980. The van der Waals surface area contributed by atoms with Gasteiger partial charge in [0.15, 0.2) is 0 Å². The predicted molar refractivity (Wildman–Crippen MR) is 55.9 cm³/mol. The minimum atomic E-state index is 0. The van der Waals surface area contributed by atoms with Crippen molar-refractivity contribution >= 4 is 0 Å². The molecule has 0 aliphatic rings. The van der Waals surface area contributed by atoms with Crippen LogP contribution in [0.2, 0.25) is 0 Å². The van der Waals surface area contributed by atoms with E-state index in [0.717, 1.165) is 5.56 Å². The van der Waals surface area contributed by atoms with Crippen LogP contribution in [0.3, 0.4) is 0 Å². The lowest BCUT2D eigenvalue weighted by molar-refractivity contribution is 0.394. The molecule has 2 aromatic rings. The topological polar surface area (TPSA) is 38.9 Å². The second kappa shape index (κ2) is 4.05. The summed E-state index contributed by atoms with van der Waals surface area (Å²) in [6.45, 7) is 3.82. The predicted octanol–water partition coefficient (Wildman–Crippen LogP) is 2.99. The number of aryl methyl sites for hydroxylation is 2. The van der Waals surface area contributed by atoms with Crippen molar-refractivity contribution in [1.82, 2.24) is 10.1 Å². The van der Waals surface area contributed by atoms with E-state index in [9.17, 15) is 0 Å². The lowest BCUT2D eigenvalue weighted by Gasteiger charge is -1.94. The molecule has 1 aromatic heterocycles. The molecule has 0 atom stereocenters. The van der Waals surface area contributed by atoms with Crippen molar-refractivity contribution in [2.75, 3.05) is 0 Å². The van der Waals surface area contributed by atoms with Gasteiger partial charge in [0.25, 0.3) is 0 Å². The van der Waals surface area contributed by atoms with Gasteiger partial charge in [0.1, 0.15) is 0 Å². The quantitative estimate of drug-likeness (QED) is 0.693. The first-order valence-corrected chi connectivity index (χ1v) is 4.13. The number of hydrogen-bond acceptors (Lipinski definition) is 3. The Kier molecular flexibility index (Phi) is 3.02. The fraction of sp³-hybridized carbons (Fsp3) is 0.273. The van der Waals surface area contributed by atoms with E-state index in [2.05, 4.69) is 10.1 Å². The van der Waals surface area contributed by atoms with E-state index in [1.165, 1.54) is 5.56 Å². The summed E-state index contributed by atoms with van der Waals surface area (Å²) in [5, 5.41) is 3.84. The lowest BCUT2D eigenvalue weighted by atomic mass is 10.1. The SMILES string of the molecule is C.Cc1cccc(-c2noc(C)n2)c1. The molecule has 0 radical (unpaired) electrons. The van der Waals surface area contributed by atoms with Crippen molar-refractivity contribution < 1.29 is 4.52 Å². The molecule has 0 bridgehead atoms. The highest BCUT2D eigenvalue weighted by Crippen LogP contribution is 2.16. The van der Waals surface area contributed by atoms with Gasteiger partial charge >= 0.3 is 0 Å². The van der Waals surface area contributed by atoms with E-state index in [1.807, 2.05) is 31.2 Å². The van der Waals surface area contributed by atoms with Crippen LogP contribution in [0.25, 0.3) is 11.4 Å². The zero-order chi connectivity index (χ0) is 9.26. The molecular formula is C11H14N2O. The average molecular weight is 190 g/mol. The van der Waals surface area contributed by atoms with Gasteiger partial charge in [0.05, 0.1) is 0 Å². The van der Waals surface area contributed by atoms with Crippen molar-refractivity contribution in [2.24, 2.45) is 0 Å². The summed E-state index contributed by atoms with van der Waals surface area (Å²) in [7, 11) is 0. The molecule has 74 valence electrons. The summed E-state index contributed by atoms with van der Waals surface area (Å²) < 4.78 is 4.90. The number of rotatable bonds is 1. The van der Waals surface area contributed by atoms with Crippen LogP contribution in [-0.4, -0.2) is 10.1 Å². The van der Waals surface area contributed by atoms with Gasteiger partial charge in [-0.05, 0) is 13.0 Å². The van der Waals surface area contributed by atoms with Crippen LogP contribution in [0.5, 0.6) is 0 Å². The molecule has 0 saturated heterocycles. The highest BCUT2D eigenvalue weighted by atomic mass is 16.5. The van der Waals surface area contributed by atoms with Crippen LogP contribution in [0.4, 0.5) is 0 Å². The third-order valence-corrected chi connectivity index (χ3v) is 1.80. The molecule has 0 aliphatic carbocycles. The van der Waals surface area contributed by atoms with E-state index in [1.54, 1.807) is 6.92 Å². The molecule has 1 aromatic carbocycles. The summed E-state index contributed by atoms with van der Waals surface area (Å²) in [6, 6.07) is 8.02. The van der Waals surface area contributed by atoms with Crippen molar-refractivity contribution in [3.63, 3.8) is 0 Å². The van der Waals surface area contributed by atoms with E-state index in [0.29, 0.717) is 11.7 Å². The fourth-order valence-electron chi connectivity index (χ4n) is 1.20. The standard InChI is InChI=1S/C10H10N2O.CH4/c1-7-4-3-5-9(6-7)10-11-8(2)13-12-10;/h3-6H,1-2H3;1H4. The summed E-state index contributed by atoms with van der Waals surface area (Å²) in [4.78, 5) is 4.14. The molecule has 0 aliphatic heterocycles. The second-order valence-corrected chi connectivity index (χ2v) is 3.01. The average Bonchev–Trinajstić information content (AvgIpc) is 2.52. The Labute approximate surface area is 83.8 Å². The van der Waals surface area contributed by atoms with Crippen LogP contribution >= 0.6 is 0 Å². The highest BCUT2D eigenvalue weighted by molar-refractivity contribution is 5.55. The minimum absolute atomic E-state index is 0. The third kappa shape index (κ3) is 1.99. The molecular weight excluding hydrogens is 176 g/mol. The molecule has 0 unspecified atom stereocenters. The Morgan fingerprint density at radius 2 is 2.00 bits per heavy atom. The van der Waals surface area contributed by atoms with Gasteiger partial charge < -0.3 is 4.52 Å². The number of aromatic nitrogens is 2. The van der Waals surface area contributed by atoms with E-state index < -0.39 is 0 Å². The molecule has 0 saturated carbocycles. The van der Waals surface area contributed by atoms with Gasteiger partial charge in [-0.2, -0.15) is 4.98 Å². The van der Waals surface area contributed by atoms with Crippen LogP contribution in [0.15, 0.2) is 28.8 Å². The highest BCUT2D eigenvalue weighted by Gasteiger charge is 2.04. The van der Waals surface area contributed by atoms with Gasteiger partial charge in [-0.25, -0.2) is 0 Å². The molecule has 0 N–H and O–H groups in total. The van der Waals surface area contributed by atoms with Crippen LogP contribution in [-0.2, 0) is 0 Å². The molecule has 3 heteroatoms. The summed E-state index contributed by atoms with van der Waals surface area (Å²) >= 11 is 0. The van der Waals surface area contributed by atoms with Crippen LogP contribution < -0.4 is 0 Å². The molecule has 2 rings (SSSR count). The van der Waals surface area contributed by atoms with Gasteiger partial charge in [-0.1, -0.05) is 36.3 Å². The summed E-state index contributed by atoms with van der Waals surface area (Å²) in [6.07, 6.45) is 0. The van der Waals surface area contributed by atoms with Crippen molar-refractivity contribution in [3.8, 4) is 11.4 Å². The Morgan fingerprint density at radius 3 is 2.57 bits per heavy atom. The van der Waals surface area contributed by atoms with Crippen LogP contribution in [0, 0.1) is 13.8 Å². The molecule has 14 heavy (non-hydrogen) atoms. The van der Waals surface area contributed by atoms with Crippen molar-refractivity contribution in [3.05, 3.63) is 35.7 Å². The largest absolute Gasteiger partial charge is 0.339 e. The maximum absolute atomic E-state index is 4.90. The zero-order valence-corrected chi connectivity index (χ0v) is 7.61. The fourth-order valence-corrected chi connectivity index (χ4v) is 1.20. The monoisotopic (exact) mass is 190 g/mol. The molecule has 0 amide bonds. The summed E-state index contributed by atoms with van der Waals surface area (Å²) in [5.41, 5.74) is 2.19. The first kappa shape index (κ1) is 10.4. The van der Waals surface area contributed by atoms with Gasteiger partial charge in [-0.15, -0.1) is 0 Å². The Hall–Kier alpha value is -1.64. The summed E-state index contributed by atoms with van der Waals surface area (Å²) in [5.74, 6) is 1.25. The molecule has 3 nitrogen and oxygen atoms in total. The van der Waals surface area contributed by atoms with Crippen molar-refractivity contribution in [1.29, 1.82) is 0 Å². The Morgan fingerprint density at radius 1 is 1.21 bits per heavy atom. The molecule has 0 spiro atoms. The van der Waals surface area contributed by atoms with E-state index in [4.69, 9.17) is 4.52 Å².